The van der Waals surface area contributed by atoms with Gasteiger partial charge < -0.3 is 10.3 Å². The van der Waals surface area contributed by atoms with Gasteiger partial charge in [-0.15, -0.1) is 34.4 Å². The lowest BCUT2D eigenvalue weighted by atomic mass is 10.1. The van der Waals surface area contributed by atoms with E-state index in [-0.39, 0.29) is 16.7 Å². The Labute approximate surface area is 198 Å². The minimum atomic E-state index is -0.322. The third-order valence-electron chi connectivity index (χ3n) is 5.46. The number of rotatable bonds is 6. The Bertz CT molecular complexity index is 1370. The molecule has 9 heteroatoms. The molecule has 1 unspecified atom stereocenters. The molecule has 0 saturated heterocycles. The number of anilines is 1. The summed E-state index contributed by atoms with van der Waals surface area (Å²) >= 11 is 4.36. The van der Waals surface area contributed by atoms with Crippen LogP contribution in [0.2, 0.25) is 0 Å². The second kappa shape index (κ2) is 9.17. The number of thioether (sulfide) groups is 1. The first-order chi connectivity index (χ1) is 15.2. The minimum Gasteiger partial charge on any atom is -0.309 e. The van der Waals surface area contributed by atoms with Crippen molar-refractivity contribution in [1.82, 2.24) is 15.0 Å². The van der Waals surface area contributed by atoms with E-state index in [0.717, 1.165) is 26.5 Å². The molecule has 3 heterocycles. The molecule has 1 aromatic carbocycles. The monoisotopic (exact) mass is 484 g/mol. The van der Waals surface area contributed by atoms with Crippen LogP contribution in [0.15, 0.2) is 28.4 Å². The molecule has 2 N–H and O–H groups in total. The summed E-state index contributed by atoms with van der Waals surface area (Å²) in [6.07, 6.45) is 0. The predicted molar refractivity (Wildman–Crippen MR) is 136 cm³/mol. The predicted octanol–water partition coefficient (Wildman–Crippen LogP) is 5.60. The van der Waals surface area contributed by atoms with Gasteiger partial charge in [0.25, 0.3) is 5.56 Å². The van der Waals surface area contributed by atoms with Crippen molar-refractivity contribution in [2.24, 2.45) is 0 Å². The van der Waals surface area contributed by atoms with E-state index in [1.54, 1.807) is 0 Å². The molecule has 0 spiro atoms. The van der Waals surface area contributed by atoms with Crippen LogP contribution in [0, 0.1) is 27.7 Å². The van der Waals surface area contributed by atoms with Crippen LogP contribution in [-0.4, -0.2) is 26.1 Å². The van der Waals surface area contributed by atoms with Crippen molar-refractivity contribution in [3.8, 4) is 11.3 Å². The Kier molecular flexibility index (Phi) is 6.50. The van der Waals surface area contributed by atoms with Crippen LogP contribution in [0.25, 0.3) is 21.5 Å². The van der Waals surface area contributed by atoms with Gasteiger partial charge >= 0.3 is 0 Å². The van der Waals surface area contributed by atoms with Crippen LogP contribution in [-0.2, 0) is 10.5 Å². The zero-order valence-corrected chi connectivity index (χ0v) is 21.0. The van der Waals surface area contributed by atoms with E-state index in [1.165, 1.54) is 45.6 Å². The van der Waals surface area contributed by atoms with Crippen molar-refractivity contribution in [1.29, 1.82) is 0 Å². The average molecular weight is 485 g/mol. The lowest BCUT2D eigenvalue weighted by molar-refractivity contribution is -0.115. The minimum absolute atomic E-state index is 0.119. The first kappa shape index (κ1) is 22.7. The normalized spacial score (nSPS) is 12.3. The Morgan fingerprint density at radius 1 is 1.19 bits per heavy atom. The van der Waals surface area contributed by atoms with Gasteiger partial charge in [0.1, 0.15) is 10.7 Å². The molecule has 1 atom stereocenters. The van der Waals surface area contributed by atoms with Crippen LogP contribution in [0.1, 0.15) is 34.3 Å². The maximum Gasteiger partial charge on any atom is 0.259 e. The van der Waals surface area contributed by atoms with Gasteiger partial charge in [-0.2, -0.15) is 0 Å². The standard InChI is InChI=1S/C23H24N4O2S3/c1-11-6-7-16(8-12(11)2)17-9-31-23(24-17)27-20(28)15(5)30-10-18-25-21(29)19-13(3)14(4)32-22(19)26-18/h6-9,15H,10H2,1-5H3,(H,24,27,28)(H,25,26,29). The maximum atomic E-state index is 12.6. The summed E-state index contributed by atoms with van der Waals surface area (Å²) in [4.78, 5) is 38.9. The van der Waals surface area contributed by atoms with Crippen molar-refractivity contribution < 1.29 is 4.79 Å². The number of amides is 1. The quantitative estimate of drug-likeness (QED) is 0.372. The fraction of sp³-hybridized carbons (Fsp3) is 0.304. The molecule has 3 aromatic heterocycles. The molecule has 4 rings (SSSR count). The van der Waals surface area contributed by atoms with Gasteiger partial charge in [-0.3, -0.25) is 9.59 Å². The first-order valence-electron chi connectivity index (χ1n) is 10.2. The zero-order chi connectivity index (χ0) is 23.0. The van der Waals surface area contributed by atoms with Gasteiger partial charge in [0.05, 0.1) is 22.1 Å². The zero-order valence-electron chi connectivity index (χ0n) is 18.5. The van der Waals surface area contributed by atoms with Gasteiger partial charge in [-0.05, 0) is 57.4 Å². The van der Waals surface area contributed by atoms with E-state index in [0.29, 0.717) is 22.1 Å². The Morgan fingerprint density at radius 2 is 1.97 bits per heavy atom. The smallest absolute Gasteiger partial charge is 0.259 e. The number of fused-ring (bicyclic) bond motifs is 1. The second-order valence-electron chi connectivity index (χ2n) is 7.76. The topological polar surface area (TPSA) is 87.7 Å². The average Bonchev–Trinajstić information content (AvgIpc) is 3.32. The van der Waals surface area contributed by atoms with Crippen LogP contribution >= 0.6 is 34.4 Å². The fourth-order valence-corrected chi connectivity index (χ4v) is 5.75. The van der Waals surface area contributed by atoms with E-state index < -0.39 is 0 Å². The summed E-state index contributed by atoms with van der Waals surface area (Å²) in [5.41, 5.74) is 5.20. The van der Waals surface area contributed by atoms with Crippen LogP contribution in [0.5, 0.6) is 0 Å². The lowest BCUT2D eigenvalue weighted by Crippen LogP contribution is -2.23. The highest BCUT2D eigenvalue weighted by molar-refractivity contribution is 7.99. The number of carbonyl (C=O) groups is 1. The van der Waals surface area contributed by atoms with Gasteiger partial charge in [0.2, 0.25) is 5.91 Å². The molecule has 0 fully saturated rings. The Hall–Kier alpha value is -2.49. The van der Waals surface area contributed by atoms with Crippen molar-refractivity contribution >= 4 is 55.7 Å². The third kappa shape index (κ3) is 4.65. The number of carbonyl (C=O) groups excluding carboxylic acids is 1. The molecule has 0 saturated carbocycles. The van der Waals surface area contributed by atoms with E-state index in [4.69, 9.17) is 0 Å². The van der Waals surface area contributed by atoms with Crippen molar-refractivity contribution in [2.75, 3.05) is 5.32 Å². The van der Waals surface area contributed by atoms with Gasteiger partial charge in [0.15, 0.2) is 5.13 Å². The van der Waals surface area contributed by atoms with Gasteiger partial charge in [0, 0.05) is 15.8 Å². The van der Waals surface area contributed by atoms with Crippen LogP contribution in [0.4, 0.5) is 5.13 Å². The molecule has 32 heavy (non-hydrogen) atoms. The first-order valence-corrected chi connectivity index (χ1v) is 12.9. The number of thiazole rings is 1. The number of thiophene rings is 1. The number of H-pyrrole nitrogens is 1. The lowest BCUT2D eigenvalue weighted by Gasteiger charge is -2.10. The molecule has 0 aliphatic rings. The summed E-state index contributed by atoms with van der Waals surface area (Å²) in [5.74, 6) is 0.906. The summed E-state index contributed by atoms with van der Waals surface area (Å²) in [6.45, 7) is 9.93. The van der Waals surface area contributed by atoms with Crippen molar-refractivity contribution in [3.63, 3.8) is 0 Å². The highest BCUT2D eigenvalue weighted by Crippen LogP contribution is 2.28. The number of nitrogens with zero attached hydrogens (tertiary/aromatic N) is 2. The number of aromatic amines is 1. The second-order valence-corrected chi connectivity index (χ2v) is 11.1. The van der Waals surface area contributed by atoms with Gasteiger partial charge in [-0.25, -0.2) is 9.97 Å². The number of benzene rings is 1. The van der Waals surface area contributed by atoms with E-state index >= 15 is 0 Å². The summed E-state index contributed by atoms with van der Waals surface area (Å²) in [7, 11) is 0. The summed E-state index contributed by atoms with van der Waals surface area (Å²) in [6, 6.07) is 6.23. The number of hydrogen-bond acceptors (Lipinski definition) is 7. The largest absolute Gasteiger partial charge is 0.309 e. The van der Waals surface area contributed by atoms with Crippen molar-refractivity contribution in [2.45, 2.75) is 45.6 Å². The number of nitrogens with one attached hydrogen (secondary N) is 2. The van der Waals surface area contributed by atoms with E-state index in [1.807, 2.05) is 32.2 Å². The van der Waals surface area contributed by atoms with E-state index in [9.17, 15) is 9.59 Å². The highest BCUT2D eigenvalue weighted by atomic mass is 32.2. The van der Waals surface area contributed by atoms with Crippen molar-refractivity contribution in [3.05, 3.63) is 61.3 Å². The van der Waals surface area contributed by atoms with Crippen LogP contribution in [0.3, 0.4) is 0 Å². The number of aromatic nitrogens is 3. The van der Waals surface area contributed by atoms with E-state index in [2.05, 4.69) is 46.2 Å². The molecule has 1 amide bonds. The molecule has 0 aliphatic carbocycles. The molecule has 4 aromatic rings. The molecule has 6 nitrogen and oxygen atoms in total. The Balaban J connectivity index is 1.39. The summed E-state index contributed by atoms with van der Waals surface area (Å²) in [5, 5.41) is 5.77. The third-order valence-corrected chi connectivity index (χ3v) is 8.48. The number of aryl methyl sites for hydroxylation is 4. The molecule has 0 aliphatic heterocycles. The molecular weight excluding hydrogens is 460 g/mol. The highest BCUT2D eigenvalue weighted by Gasteiger charge is 2.18. The fourth-order valence-electron chi connectivity index (χ4n) is 3.22. The molecule has 0 bridgehead atoms. The Morgan fingerprint density at radius 3 is 2.72 bits per heavy atom. The number of hydrogen-bond donors (Lipinski definition) is 2. The van der Waals surface area contributed by atoms with Gasteiger partial charge in [-0.1, -0.05) is 12.1 Å². The SMILES string of the molecule is Cc1ccc(-c2csc(NC(=O)C(C)SCc3nc4sc(C)c(C)c4c(=O)[nH]3)n2)cc1C. The molecule has 166 valence electrons. The maximum absolute atomic E-state index is 12.6. The van der Waals surface area contributed by atoms with Crippen LogP contribution < -0.4 is 10.9 Å². The molecular formula is C23H24N4O2S3. The summed E-state index contributed by atoms with van der Waals surface area (Å²) < 4.78 is 0. The molecule has 0 radical (unpaired) electrons.